The number of amides is 1. The van der Waals surface area contributed by atoms with Crippen molar-refractivity contribution >= 4 is 11.6 Å². The maximum Gasteiger partial charge on any atom is 0.275 e. The van der Waals surface area contributed by atoms with E-state index >= 15 is 0 Å². The Morgan fingerprint density at radius 3 is 2.33 bits per heavy atom. The molecule has 1 aliphatic heterocycles. The number of rotatable bonds is 8. The Morgan fingerprint density at radius 1 is 1.03 bits per heavy atom. The summed E-state index contributed by atoms with van der Waals surface area (Å²) in [6, 6.07) is 14.7. The van der Waals surface area contributed by atoms with Crippen molar-refractivity contribution in [3.63, 3.8) is 0 Å². The molecular weight excluding hydrogens is 376 g/mol. The Bertz CT molecular complexity index is 828. The van der Waals surface area contributed by atoms with Crippen LogP contribution in [0.3, 0.4) is 0 Å². The van der Waals surface area contributed by atoms with Gasteiger partial charge in [0.1, 0.15) is 38.5 Å². The summed E-state index contributed by atoms with van der Waals surface area (Å²) >= 11 is 0. The highest BCUT2D eigenvalue weighted by atomic mass is 16.5. The molecule has 6 nitrogen and oxygen atoms in total. The zero-order valence-corrected chi connectivity index (χ0v) is 18.8. The van der Waals surface area contributed by atoms with Crippen LogP contribution in [0.2, 0.25) is 0 Å². The van der Waals surface area contributed by atoms with Gasteiger partial charge in [-0.05, 0) is 36.8 Å². The fourth-order valence-corrected chi connectivity index (χ4v) is 4.03. The number of quaternary nitrogens is 2. The Balaban J connectivity index is 1.41. The van der Waals surface area contributed by atoms with Crippen LogP contribution < -0.4 is 24.8 Å². The molecule has 1 fully saturated rings. The SMILES string of the molecule is COc1ccc(C)cc1C[NH+]1CC[NH+](CC(=O)NCc2ccc(N(C)C)cc2)CC1. The van der Waals surface area contributed by atoms with Gasteiger partial charge in [0.05, 0.1) is 7.11 Å². The molecule has 1 aliphatic rings. The number of aryl methyl sites for hydroxylation is 1. The van der Waals surface area contributed by atoms with Gasteiger partial charge >= 0.3 is 0 Å². The fourth-order valence-electron chi connectivity index (χ4n) is 4.03. The van der Waals surface area contributed by atoms with Gasteiger partial charge in [0.2, 0.25) is 0 Å². The third kappa shape index (κ3) is 6.21. The van der Waals surface area contributed by atoms with Crippen molar-refractivity contribution < 1.29 is 19.3 Å². The second kappa shape index (κ2) is 10.5. The standard InChI is InChI=1S/C24H34N4O2/c1-19-5-10-23(30-4)21(15-19)17-27-11-13-28(14-12-27)18-24(29)25-16-20-6-8-22(9-7-20)26(2)3/h5-10,15H,11-14,16-18H2,1-4H3,(H,25,29)/p+2. The summed E-state index contributed by atoms with van der Waals surface area (Å²) < 4.78 is 5.52. The van der Waals surface area contributed by atoms with E-state index in [4.69, 9.17) is 4.74 Å². The highest BCUT2D eigenvalue weighted by Crippen LogP contribution is 2.18. The number of methoxy groups -OCH3 is 1. The molecule has 3 rings (SSSR count). The summed E-state index contributed by atoms with van der Waals surface area (Å²) in [4.78, 5) is 17.4. The molecule has 2 aromatic carbocycles. The van der Waals surface area contributed by atoms with Crippen molar-refractivity contribution in [3.8, 4) is 5.75 Å². The molecule has 0 aliphatic carbocycles. The van der Waals surface area contributed by atoms with Crippen LogP contribution in [0.1, 0.15) is 16.7 Å². The van der Waals surface area contributed by atoms with Crippen LogP contribution in [0.15, 0.2) is 42.5 Å². The van der Waals surface area contributed by atoms with Gasteiger partial charge < -0.3 is 24.8 Å². The normalized spacial score (nSPS) is 18.7. The zero-order chi connectivity index (χ0) is 21.5. The molecule has 0 aromatic heterocycles. The molecule has 6 heteroatoms. The largest absolute Gasteiger partial charge is 0.496 e. The molecule has 0 spiro atoms. The smallest absolute Gasteiger partial charge is 0.275 e. The van der Waals surface area contributed by atoms with E-state index in [9.17, 15) is 4.79 Å². The van der Waals surface area contributed by atoms with E-state index in [1.54, 1.807) is 12.0 Å². The first kappa shape index (κ1) is 22.1. The number of carbonyl (C=O) groups excluding carboxylic acids is 1. The molecule has 0 unspecified atom stereocenters. The van der Waals surface area contributed by atoms with E-state index in [1.165, 1.54) is 16.0 Å². The second-order valence-corrected chi connectivity index (χ2v) is 8.51. The molecule has 0 atom stereocenters. The van der Waals surface area contributed by atoms with E-state index in [0.29, 0.717) is 13.1 Å². The number of piperazine rings is 1. The van der Waals surface area contributed by atoms with Crippen molar-refractivity contribution in [2.45, 2.75) is 20.0 Å². The predicted molar refractivity (Wildman–Crippen MR) is 120 cm³/mol. The van der Waals surface area contributed by atoms with Crippen LogP contribution >= 0.6 is 0 Å². The molecular formula is C24H36N4O2+2. The minimum atomic E-state index is 0.130. The van der Waals surface area contributed by atoms with Crippen molar-refractivity contribution in [2.24, 2.45) is 0 Å². The monoisotopic (exact) mass is 412 g/mol. The Kier molecular flexibility index (Phi) is 7.71. The third-order valence-electron chi connectivity index (χ3n) is 5.89. The fraction of sp³-hybridized carbons (Fsp3) is 0.458. The van der Waals surface area contributed by atoms with Gasteiger partial charge in [0, 0.05) is 31.9 Å². The van der Waals surface area contributed by atoms with Crippen LogP contribution in [0, 0.1) is 6.92 Å². The lowest BCUT2D eigenvalue weighted by molar-refractivity contribution is -1.02. The maximum absolute atomic E-state index is 12.4. The van der Waals surface area contributed by atoms with E-state index < -0.39 is 0 Å². The van der Waals surface area contributed by atoms with Crippen molar-refractivity contribution in [3.05, 3.63) is 59.2 Å². The molecule has 162 valence electrons. The average molecular weight is 413 g/mol. The van der Waals surface area contributed by atoms with E-state index in [0.717, 1.165) is 49.7 Å². The quantitative estimate of drug-likeness (QED) is 0.557. The lowest BCUT2D eigenvalue weighted by Crippen LogP contribution is -3.28. The van der Waals surface area contributed by atoms with Gasteiger partial charge in [-0.1, -0.05) is 23.8 Å². The molecule has 1 heterocycles. The Hall–Kier alpha value is -2.57. The van der Waals surface area contributed by atoms with Gasteiger partial charge in [0.25, 0.3) is 5.91 Å². The number of hydrogen-bond acceptors (Lipinski definition) is 3. The molecule has 0 bridgehead atoms. The summed E-state index contributed by atoms with van der Waals surface area (Å²) in [5, 5.41) is 3.07. The lowest BCUT2D eigenvalue weighted by atomic mass is 10.1. The van der Waals surface area contributed by atoms with E-state index in [-0.39, 0.29) is 5.91 Å². The Morgan fingerprint density at radius 2 is 1.70 bits per heavy atom. The second-order valence-electron chi connectivity index (χ2n) is 8.51. The van der Waals surface area contributed by atoms with Crippen LogP contribution in [0.5, 0.6) is 5.75 Å². The summed E-state index contributed by atoms with van der Waals surface area (Å²) in [5.74, 6) is 1.10. The number of anilines is 1. The maximum atomic E-state index is 12.4. The molecule has 1 amide bonds. The van der Waals surface area contributed by atoms with Gasteiger partial charge in [-0.25, -0.2) is 0 Å². The van der Waals surface area contributed by atoms with Gasteiger partial charge in [-0.2, -0.15) is 0 Å². The summed E-state index contributed by atoms with van der Waals surface area (Å²) in [6.45, 7) is 8.43. The molecule has 0 saturated carbocycles. The topological polar surface area (TPSA) is 50.5 Å². The third-order valence-corrected chi connectivity index (χ3v) is 5.89. The van der Waals surface area contributed by atoms with Crippen LogP contribution in [-0.2, 0) is 17.9 Å². The summed E-state index contributed by atoms with van der Waals surface area (Å²) in [6.07, 6.45) is 0. The summed E-state index contributed by atoms with van der Waals surface area (Å²) in [7, 11) is 5.79. The molecule has 1 saturated heterocycles. The lowest BCUT2D eigenvalue weighted by Gasteiger charge is -2.29. The summed E-state index contributed by atoms with van der Waals surface area (Å²) in [5.41, 5.74) is 4.83. The number of carbonyl (C=O) groups is 1. The number of nitrogens with zero attached hydrogens (tertiary/aromatic N) is 1. The van der Waals surface area contributed by atoms with Crippen LogP contribution in [0.4, 0.5) is 5.69 Å². The predicted octanol–water partition coefficient (Wildman–Crippen LogP) is -0.331. The van der Waals surface area contributed by atoms with Gasteiger partial charge in [-0.15, -0.1) is 0 Å². The molecule has 3 N–H and O–H groups in total. The van der Waals surface area contributed by atoms with Crippen LogP contribution in [-0.4, -0.2) is 59.8 Å². The average Bonchev–Trinajstić information content (AvgIpc) is 2.74. The van der Waals surface area contributed by atoms with Crippen LogP contribution in [0.25, 0.3) is 0 Å². The highest BCUT2D eigenvalue weighted by molar-refractivity contribution is 5.76. The minimum Gasteiger partial charge on any atom is -0.496 e. The molecule has 0 radical (unpaired) electrons. The van der Waals surface area contributed by atoms with Gasteiger partial charge in [-0.3, -0.25) is 4.79 Å². The number of ether oxygens (including phenoxy) is 1. The molecule has 30 heavy (non-hydrogen) atoms. The number of benzene rings is 2. The minimum absolute atomic E-state index is 0.130. The van der Waals surface area contributed by atoms with Crippen molar-refractivity contribution in [1.29, 1.82) is 0 Å². The zero-order valence-electron chi connectivity index (χ0n) is 18.8. The van der Waals surface area contributed by atoms with Crippen molar-refractivity contribution in [1.82, 2.24) is 5.32 Å². The van der Waals surface area contributed by atoms with Gasteiger partial charge in [0.15, 0.2) is 6.54 Å². The first-order valence-electron chi connectivity index (χ1n) is 10.8. The first-order chi connectivity index (χ1) is 14.4. The highest BCUT2D eigenvalue weighted by Gasteiger charge is 2.25. The Labute approximate surface area is 180 Å². The number of nitrogens with one attached hydrogen (secondary N) is 3. The first-order valence-corrected chi connectivity index (χ1v) is 10.8. The molecule has 2 aromatic rings. The van der Waals surface area contributed by atoms with E-state index in [1.807, 2.05) is 14.1 Å². The number of hydrogen-bond donors (Lipinski definition) is 3. The van der Waals surface area contributed by atoms with Crippen molar-refractivity contribution in [2.75, 3.05) is 58.8 Å². The van der Waals surface area contributed by atoms with E-state index in [2.05, 4.69) is 59.6 Å².